The molecule has 0 saturated heterocycles. The fraction of sp³-hybridized carbons (Fsp3) is 0.529. The van der Waals surface area contributed by atoms with Crippen molar-refractivity contribution in [3.63, 3.8) is 0 Å². The zero-order valence-electron chi connectivity index (χ0n) is 13.7. The summed E-state index contributed by atoms with van der Waals surface area (Å²) < 4.78 is 0. The van der Waals surface area contributed by atoms with Crippen LogP contribution in [0.5, 0.6) is 0 Å². The molecule has 0 bridgehead atoms. The van der Waals surface area contributed by atoms with Gasteiger partial charge in [0.15, 0.2) is 0 Å². The van der Waals surface area contributed by atoms with Gasteiger partial charge in [0.25, 0.3) is 5.60 Å². The minimum atomic E-state index is -2.92. The van der Waals surface area contributed by atoms with Crippen molar-refractivity contribution < 1.29 is 24.9 Å². The first-order chi connectivity index (χ1) is 10.9. The molecule has 1 aromatic rings. The summed E-state index contributed by atoms with van der Waals surface area (Å²) in [4.78, 5) is 24.4. The molecule has 0 aliphatic heterocycles. The quantitative estimate of drug-likeness (QED) is 0.572. The summed E-state index contributed by atoms with van der Waals surface area (Å²) in [6, 6.07) is 6.06. The van der Waals surface area contributed by atoms with Crippen molar-refractivity contribution in [2.75, 3.05) is 18.0 Å². The Balaban J connectivity index is 3.04. The molecule has 0 atom stereocenters. The third-order valence-electron chi connectivity index (χ3n) is 3.83. The van der Waals surface area contributed by atoms with Crippen molar-refractivity contribution in [1.29, 1.82) is 0 Å². The van der Waals surface area contributed by atoms with Gasteiger partial charge in [-0.25, -0.2) is 9.59 Å². The van der Waals surface area contributed by atoms with Gasteiger partial charge in [-0.05, 0) is 25.0 Å². The van der Waals surface area contributed by atoms with Crippen LogP contribution in [0.25, 0.3) is 0 Å². The Morgan fingerprint density at radius 3 is 1.74 bits per heavy atom. The molecule has 128 valence electrons. The molecule has 0 unspecified atom stereocenters. The Kier molecular flexibility index (Phi) is 7.03. The average Bonchev–Trinajstić information content (AvgIpc) is 2.54. The smallest absolute Gasteiger partial charge is 0.352 e. The molecule has 0 heterocycles. The summed E-state index contributed by atoms with van der Waals surface area (Å²) in [5.74, 6) is -3.60. The highest BCUT2D eigenvalue weighted by atomic mass is 16.4. The summed E-state index contributed by atoms with van der Waals surface area (Å²) in [5, 5.41) is 28.0. The number of carboxylic acids is 2. The first-order valence-corrected chi connectivity index (χ1v) is 7.92. The summed E-state index contributed by atoms with van der Waals surface area (Å²) in [6.45, 7) is 6.00. The Morgan fingerprint density at radius 2 is 1.39 bits per heavy atom. The molecule has 0 aromatic heterocycles. The number of carboxylic acid groups (broad SMARTS) is 2. The van der Waals surface area contributed by atoms with Gasteiger partial charge in [-0.2, -0.15) is 0 Å². The number of hydrogen-bond acceptors (Lipinski definition) is 4. The molecular weight excluding hydrogens is 298 g/mol. The van der Waals surface area contributed by atoms with E-state index in [0.29, 0.717) is 0 Å². The van der Waals surface area contributed by atoms with Crippen molar-refractivity contribution in [3.05, 3.63) is 29.8 Å². The van der Waals surface area contributed by atoms with Gasteiger partial charge in [0, 0.05) is 24.3 Å². The third-order valence-corrected chi connectivity index (χ3v) is 3.83. The lowest BCUT2D eigenvalue weighted by Gasteiger charge is -2.26. The maximum Gasteiger partial charge on any atom is 0.352 e. The van der Waals surface area contributed by atoms with Crippen LogP contribution >= 0.6 is 0 Å². The van der Waals surface area contributed by atoms with Crippen LogP contribution in [0.3, 0.4) is 0 Å². The minimum absolute atomic E-state index is 0.160. The Morgan fingerprint density at radius 1 is 0.957 bits per heavy atom. The summed E-state index contributed by atoms with van der Waals surface area (Å²) in [6.07, 6.45) is 4.22. The van der Waals surface area contributed by atoms with E-state index in [4.69, 9.17) is 10.2 Å². The van der Waals surface area contributed by atoms with Gasteiger partial charge in [-0.3, -0.25) is 0 Å². The molecule has 6 nitrogen and oxygen atoms in total. The fourth-order valence-corrected chi connectivity index (χ4v) is 2.32. The van der Waals surface area contributed by atoms with E-state index in [1.807, 2.05) is 0 Å². The molecule has 0 aliphatic carbocycles. The van der Waals surface area contributed by atoms with Crippen LogP contribution in [0.2, 0.25) is 0 Å². The first-order valence-electron chi connectivity index (χ1n) is 7.92. The largest absolute Gasteiger partial charge is 0.478 e. The molecular formula is C17H25NO5. The predicted molar refractivity (Wildman–Crippen MR) is 87.6 cm³/mol. The molecule has 6 heteroatoms. The first kappa shape index (κ1) is 19.0. The molecule has 0 saturated carbocycles. The van der Waals surface area contributed by atoms with Crippen LogP contribution in [0.4, 0.5) is 5.69 Å². The van der Waals surface area contributed by atoms with Crippen LogP contribution in [0.15, 0.2) is 24.3 Å². The number of anilines is 1. The molecule has 1 rings (SSSR count). The minimum Gasteiger partial charge on any atom is -0.478 e. The van der Waals surface area contributed by atoms with E-state index in [1.165, 1.54) is 12.1 Å². The SMILES string of the molecule is CCCCN(CCCC)c1ccc(C(O)(C(=O)O)C(=O)O)cc1. The number of nitrogens with zero attached hydrogens (tertiary/aromatic N) is 1. The van der Waals surface area contributed by atoms with Crippen molar-refractivity contribution in [2.24, 2.45) is 0 Å². The van der Waals surface area contributed by atoms with Gasteiger partial charge in [0.2, 0.25) is 0 Å². The normalized spacial score (nSPS) is 11.3. The van der Waals surface area contributed by atoms with Gasteiger partial charge in [-0.1, -0.05) is 38.8 Å². The van der Waals surface area contributed by atoms with Crippen LogP contribution in [-0.4, -0.2) is 40.3 Å². The lowest BCUT2D eigenvalue weighted by atomic mass is 9.94. The van der Waals surface area contributed by atoms with Crippen LogP contribution in [0.1, 0.15) is 45.1 Å². The zero-order valence-corrected chi connectivity index (χ0v) is 13.7. The van der Waals surface area contributed by atoms with Crippen LogP contribution < -0.4 is 4.90 Å². The van der Waals surface area contributed by atoms with E-state index in [0.717, 1.165) is 44.5 Å². The Labute approximate surface area is 136 Å². The number of benzene rings is 1. The second kappa shape index (κ2) is 8.53. The number of aliphatic carboxylic acids is 2. The zero-order chi connectivity index (χ0) is 17.5. The van der Waals surface area contributed by atoms with Crippen LogP contribution in [0, 0.1) is 0 Å². The molecule has 0 aliphatic rings. The lowest BCUT2D eigenvalue weighted by Crippen LogP contribution is -2.43. The number of rotatable bonds is 10. The number of hydrogen-bond donors (Lipinski definition) is 3. The third kappa shape index (κ3) is 4.45. The second-order valence-electron chi connectivity index (χ2n) is 5.56. The highest BCUT2D eigenvalue weighted by Gasteiger charge is 2.46. The molecule has 0 radical (unpaired) electrons. The van der Waals surface area contributed by atoms with Crippen molar-refractivity contribution in [3.8, 4) is 0 Å². The van der Waals surface area contributed by atoms with Gasteiger partial charge in [0.05, 0.1) is 0 Å². The van der Waals surface area contributed by atoms with E-state index in [-0.39, 0.29) is 5.56 Å². The van der Waals surface area contributed by atoms with Crippen molar-refractivity contribution >= 4 is 17.6 Å². The van der Waals surface area contributed by atoms with Gasteiger partial charge >= 0.3 is 11.9 Å². The Bertz CT molecular complexity index is 504. The van der Waals surface area contributed by atoms with E-state index in [1.54, 1.807) is 12.1 Å². The average molecular weight is 323 g/mol. The maximum atomic E-state index is 11.1. The molecule has 3 N–H and O–H groups in total. The molecule has 0 spiro atoms. The van der Waals surface area contributed by atoms with Gasteiger partial charge in [0.1, 0.15) is 0 Å². The lowest BCUT2D eigenvalue weighted by molar-refractivity contribution is -0.177. The predicted octanol–water partition coefficient (Wildman–Crippen LogP) is 2.45. The summed E-state index contributed by atoms with van der Waals surface area (Å²) in [5.41, 5.74) is -2.18. The number of aliphatic hydroxyl groups is 1. The summed E-state index contributed by atoms with van der Waals surface area (Å²) >= 11 is 0. The second-order valence-corrected chi connectivity index (χ2v) is 5.56. The highest BCUT2D eigenvalue weighted by Crippen LogP contribution is 2.25. The maximum absolute atomic E-state index is 11.1. The highest BCUT2D eigenvalue weighted by molar-refractivity contribution is 6.02. The standard InChI is InChI=1S/C17H25NO5/c1-3-5-11-18(12-6-4-2)14-9-7-13(8-10-14)17(23,15(19)20)16(21)22/h7-10,23H,3-6,11-12H2,1-2H3,(H,19,20)(H,21,22). The van der Waals surface area contributed by atoms with Crippen LogP contribution in [-0.2, 0) is 15.2 Å². The number of unbranched alkanes of at least 4 members (excludes halogenated alkanes) is 2. The number of carbonyl (C=O) groups is 2. The molecule has 0 amide bonds. The molecule has 0 fully saturated rings. The molecule has 1 aromatic carbocycles. The van der Waals surface area contributed by atoms with Crippen molar-refractivity contribution in [1.82, 2.24) is 0 Å². The van der Waals surface area contributed by atoms with E-state index in [9.17, 15) is 14.7 Å². The van der Waals surface area contributed by atoms with Crippen molar-refractivity contribution in [2.45, 2.75) is 45.1 Å². The van der Waals surface area contributed by atoms with E-state index in [2.05, 4.69) is 18.7 Å². The van der Waals surface area contributed by atoms with E-state index < -0.39 is 17.5 Å². The Hall–Kier alpha value is -2.08. The monoisotopic (exact) mass is 323 g/mol. The fourth-order valence-electron chi connectivity index (χ4n) is 2.32. The van der Waals surface area contributed by atoms with Gasteiger partial charge < -0.3 is 20.2 Å². The topological polar surface area (TPSA) is 98.1 Å². The summed E-state index contributed by atoms with van der Waals surface area (Å²) in [7, 11) is 0. The van der Waals surface area contributed by atoms with E-state index >= 15 is 0 Å². The van der Waals surface area contributed by atoms with Gasteiger partial charge in [-0.15, -0.1) is 0 Å². The molecule has 23 heavy (non-hydrogen) atoms.